The first kappa shape index (κ1) is 14.6. The smallest absolute Gasteiger partial charge is 0.265 e. The summed E-state index contributed by atoms with van der Waals surface area (Å²) in [5.74, 6) is -0.115. The van der Waals surface area contributed by atoms with Crippen LogP contribution in [0.1, 0.15) is 21.5 Å². The van der Waals surface area contributed by atoms with Crippen molar-refractivity contribution in [2.45, 2.75) is 13.3 Å². The molecule has 0 radical (unpaired) electrons. The minimum Gasteiger partial charge on any atom is -0.399 e. The minimum atomic E-state index is -0.115. The SMILES string of the molecule is CCc1ccc(C(=O)Nc2c(Br)cc(N)cc2Br)s1. The standard InChI is InChI=1S/C13H12Br2N2OS/c1-2-8-3-4-11(19-8)13(18)17-12-9(14)5-7(16)6-10(12)15/h3-6H,2,16H2,1H3,(H,17,18). The highest BCUT2D eigenvalue weighted by molar-refractivity contribution is 9.11. The predicted molar refractivity (Wildman–Crippen MR) is 87.9 cm³/mol. The molecule has 1 amide bonds. The average molecular weight is 404 g/mol. The molecule has 2 aromatic rings. The van der Waals surface area contributed by atoms with E-state index in [1.807, 2.05) is 12.1 Å². The largest absolute Gasteiger partial charge is 0.399 e. The van der Waals surface area contributed by atoms with Crippen LogP contribution < -0.4 is 11.1 Å². The zero-order valence-electron chi connectivity index (χ0n) is 10.2. The van der Waals surface area contributed by atoms with Crippen LogP contribution in [0.3, 0.4) is 0 Å². The fourth-order valence-electron chi connectivity index (χ4n) is 1.58. The van der Waals surface area contributed by atoms with Crippen LogP contribution in [0.5, 0.6) is 0 Å². The molecule has 0 saturated carbocycles. The molecule has 1 heterocycles. The van der Waals surface area contributed by atoms with Gasteiger partial charge in [0.1, 0.15) is 0 Å². The number of thiophene rings is 1. The average Bonchev–Trinajstić information content (AvgIpc) is 2.82. The van der Waals surface area contributed by atoms with Gasteiger partial charge in [0.05, 0.1) is 10.6 Å². The van der Waals surface area contributed by atoms with Gasteiger partial charge in [-0.25, -0.2) is 0 Å². The zero-order chi connectivity index (χ0) is 14.0. The summed E-state index contributed by atoms with van der Waals surface area (Å²) in [5.41, 5.74) is 7.03. The molecule has 0 aliphatic heterocycles. The highest BCUT2D eigenvalue weighted by atomic mass is 79.9. The second kappa shape index (κ2) is 6.07. The molecule has 1 aromatic carbocycles. The van der Waals surface area contributed by atoms with Gasteiger partial charge in [0.25, 0.3) is 5.91 Å². The lowest BCUT2D eigenvalue weighted by atomic mass is 10.3. The summed E-state index contributed by atoms with van der Waals surface area (Å²) >= 11 is 8.30. The maximum Gasteiger partial charge on any atom is 0.265 e. The first-order valence-corrected chi connectivity index (χ1v) is 8.06. The molecule has 0 fully saturated rings. The van der Waals surface area contributed by atoms with Crippen LogP contribution in [0.2, 0.25) is 0 Å². The number of hydrogen-bond acceptors (Lipinski definition) is 3. The number of aryl methyl sites for hydroxylation is 1. The zero-order valence-corrected chi connectivity index (χ0v) is 14.2. The minimum absolute atomic E-state index is 0.115. The molecule has 0 aliphatic rings. The normalized spacial score (nSPS) is 10.5. The summed E-state index contributed by atoms with van der Waals surface area (Å²) in [4.78, 5) is 14.1. The van der Waals surface area contributed by atoms with Crippen LogP contribution in [0.15, 0.2) is 33.2 Å². The van der Waals surface area contributed by atoms with Crippen molar-refractivity contribution in [2.75, 3.05) is 11.1 Å². The Morgan fingerprint density at radius 2 is 1.95 bits per heavy atom. The highest BCUT2D eigenvalue weighted by Crippen LogP contribution is 2.34. The van der Waals surface area contributed by atoms with E-state index < -0.39 is 0 Å². The van der Waals surface area contributed by atoms with Crippen LogP contribution in [0, 0.1) is 0 Å². The Labute approximate surface area is 132 Å². The van der Waals surface area contributed by atoms with Gasteiger partial charge in [-0.15, -0.1) is 11.3 Å². The first-order valence-electron chi connectivity index (χ1n) is 5.66. The Balaban J connectivity index is 2.24. The Bertz CT molecular complexity index is 602. The molecule has 3 N–H and O–H groups in total. The topological polar surface area (TPSA) is 55.1 Å². The summed E-state index contributed by atoms with van der Waals surface area (Å²) in [6.07, 6.45) is 0.938. The molecule has 0 aliphatic carbocycles. The van der Waals surface area contributed by atoms with Crippen LogP contribution >= 0.6 is 43.2 Å². The van der Waals surface area contributed by atoms with Crippen molar-refractivity contribution in [3.8, 4) is 0 Å². The highest BCUT2D eigenvalue weighted by Gasteiger charge is 2.13. The van der Waals surface area contributed by atoms with E-state index in [-0.39, 0.29) is 5.91 Å². The van der Waals surface area contributed by atoms with Gasteiger partial charge in [0.2, 0.25) is 0 Å². The fourth-order valence-corrected chi connectivity index (χ4v) is 3.84. The lowest BCUT2D eigenvalue weighted by Crippen LogP contribution is -2.11. The third-order valence-corrected chi connectivity index (χ3v) is 5.02. The van der Waals surface area contributed by atoms with E-state index >= 15 is 0 Å². The number of hydrogen-bond donors (Lipinski definition) is 2. The third kappa shape index (κ3) is 3.38. The van der Waals surface area contributed by atoms with Crippen LogP contribution in [-0.2, 0) is 6.42 Å². The number of carbonyl (C=O) groups is 1. The molecule has 19 heavy (non-hydrogen) atoms. The van der Waals surface area contributed by atoms with Gasteiger partial charge in [0, 0.05) is 19.5 Å². The van der Waals surface area contributed by atoms with Gasteiger partial charge >= 0.3 is 0 Å². The number of carbonyl (C=O) groups excluding carboxylic acids is 1. The first-order chi connectivity index (χ1) is 9.01. The second-order valence-corrected chi connectivity index (χ2v) is 6.81. The van der Waals surface area contributed by atoms with Gasteiger partial charge in [-0.05, 0) is 62.5 Å². The fraction of sp³-hybridized carbons (Fsp3) is 0.154. The summed E-state index contributed by atoms with van der Waals surface area (Å²) in [6, 6.07) is 7.34. The van der Waals surface area contributed by atoms with Gasteiger partial charge in [0.15, 0.2) is 0 Å². The summed E-state index contributed by atoms with van der Waals surface area (Å²) < 4.78 is 1.50. The van der Waals surface area contributed by atoms with E-state index in [0.717, 1.165) is 15.4 Å². The summed E-state index contributed by atoms with van der Waals surface area (Å²) in [6.45, 7) is 2.07. The maximum absolute atomic E-state index is 12.2. The van der Waals surface area contributed by atoms with Gasteiger partial charge in [-0.3, -0.25) is 4.79 Å². The number of halogens is 2. The molecular formula is C13H12Br2N2OS. The maximum atomic E-state index is 12.2. The van der Waals surface area contributed by atoms with E-state index in [1.165, 1.54) is 16.2 Å². The lowest BCUT2D eigenvalue weighted by Gasteiger charge is -2.09. The molecule has 3 nitrogen and oxygen atoms in total. The monoisotopic (exact) mass is 402 g/mol. The molecule has 0 spiro atoms. The predicted octanol–water partition coefficient (Wildman–Crippen LogP) is 4.67. The van der Waals surface area contributed by atoms with Crippen LogP contribution in [-0.4, -0.2) is 5.91 Å². The van der Waals surface area contributed by atoms with E-state index in [1.54, 1.807) is 12.1 Å². The van der Waals surface area contributed by atoms with E-state index in [0.29, 0.717) is 16.3 Å². The number of amides is 1. The van der Waals surface area contributed by atoms with Crippen molar-refractivity contribution >= 4 is 60.5 Å². The number of nitrogen functional groups attached to an aromatic ring is 1. The number of benzene rings is 1. The summed E-state index contributed by atoms with van der Waals surface area (Å²) in [5, 5.41) is 2.88. The van der Waals surface area contributed by atoms with Crippen molar-refractivity contribution in [1.29, 1.82) is 0 Å². The van der Waals surface area contributed by atoms with Crippen LogP contribution in [0.4, 0.5) is 11.4 Å². The molecule has 0 atom stereocenters. The van der Waals surface area contributed by atoms with Gasteiger partial charge < -0.3 is 11.1 Å². The molecule has 0 saturated heterocycles. The number of nitrogens with one attached hydrogen (secondary N) is 1. The van der Waals surface area contributed by atoms with Crippen molar-refractivity contribution < 1.29 is 4.79 Å². The Morgan fingerprint density at radius 3 is 2.47 bits per heavy atom. The van der Waals surface area contributed by atoms with E-state index in [9.17, 15) is 4.79 Å². The Hall–Kier alpha value is -0.850. The number of nitrogens with two attached hydrogens (primary N) is 1. The van der Waals surface area contributed by atoms with Crippen molar-refractivity contribution in [3.05, 3.63) is 43.0 Å². The summed E-state index contributed by atoms with van der Waals surface area (Å²) in [7, 11) is 0. The van der Waals surface area contributed by atoms with E-state index in [4.69, 9.17) is 5.73 Å². The van der Waals surface area contributed by atoms with Crippen molar-refractivity contribution in [1.82, 2.24) is 0 Å². The van der Waals surface area contributed by atoms with Crippen molar-refractivity contribution in [3.63, 3.8) is 0 Å². The van der Waals surface area contributed by atoms with E-state index in [2.05, 4.69) is 44.1 Å². The molecule has 2 rings (SSSR count). The molecular weight excluding hydrogens is 392 g/mol. The second-order valence-electron chi connectivity index (χ2n) is 3.93. The molecule has 100 valence electrons. The molecule has 0 unspecified atom stereocenters. The molecule has 1 aromatic heterocycles. The molecule has 0 bridgehead atoms. The third-order valence-electron chi connectivity index (χ3n) is 2.54. The Morgan fingerprint density at radius 1 is 1.32 bits per heavy atom. The van der Waals surface area contributed by atoms with Crippen LogP contribution in [0.25, 0.3) is 0 Å². The Kier molecular flexibility index (Phi) is 4.65. The van der Waals surface area contributed by atoms with Crippen molar-refractivity contribution in [2.24, 2.45) is 0 Å². The number of anilines is 2. The quantitative estimate of drug-likeness (QED) is 0.731. The lowest BCUT2D eigenvalue weighted by molar-refractivity contribution is 0.103. The number of rotatable bonds is 3. The van der Waals surface area contributed by atoms with Gasteiger partial charge in [-0.2, -0.15) is 0 Å². The molecule has 6 heteroatoms. The van der Waals surface area contributed by atoms with Gasteiger partial charge in [-0.1, -0.05) is 6.92 Å².